The van der Waals surface area contributed by atoms with E-state index in [1.54, 1.807) is 0 Å². The lowest BCUT2D eigenvalue weighted by atomic mass is 10.0. The molecule has 37 heavy (non-hydrogen) atoms. The lowest BCUT2D eigenvalue weighted by molar-refractivity contribution is 0.158. The van der Waals surface area contributed by atoms with Crippen molar-refractivity contribution in [2.24, 2.45) is 0 Å². The molecule has 1 N–H and O–H groups in total. The Hall–Kier alpha value is -4.41. The fraction of sp³-hybridized carbons (Fsp3) is 0.121. The Morgan fingerprint density at radius 3 is 1.92 bits per heavy atom. The van der Waals surface area contributed by atoms with Gasteiger partial charge in [0.05, 0.1) is 29.7 Å². The first-order valence-corrected chi connectivity index (χ1v) is 12.8. The minimum Gasteiger partial charge on any atom is -0.387 e. The van der Waals surface area contributed by atoms with Gasteiger partial charge in [-0.05, 0) is 23.1 Å². The summed E-state index contributed by atoms with van der Waals surface area (Å²) in [7, 11) is 0. The van der Waals surface area contributed by atoms with Crippen molar-refractivity contribution in [3.8, 4) is 33.8 Å². The van der Waals surface area contributed by atoms with Crippen molar-refractivity contribution in [2.75, 3.05) is 0 Å². The van der Waals surface area contributed by atoms with E-state index in [-0.39, 0.29) is 0 Å². The number of aromatic nitrogens is 3. The molecule has 6 rings (SSSR count). The van der Waals surface area contributed by atoms with Crippen LogP contribution in [0.2, 0.25) is 0 Å². The van der Waals surface area contributed by atoms with Gasteiger partial charge in [-0.1, -0.05) is 122 Å². The molecule has 6 aromatic rings. The van der Waals surface area contributed by atoms with Gasteiger partial charge in [-0.3, -0.25) is 4.40 Å². The number of aryl methyl sites for hydroxylation is 1. The molecule has 0 aliphatic carbocycles. The number of rotatable bonds is 7. The maximum atomic E-state index is 11.3. The number of hydrogen-bond acceptors (Lipinski definition) is 2. The van der Waals surface area contributed by atoms with Crippen molar-refractivity contribution < 1.29 is 5.11 Å². The molecule has 0 bridgehead atoms. The van der Waals surface area contributed by atoms with Gasteiger partial charge in [0, 0.05) is 17.3 Å². The van der Waals surface area contributed by atoms with Crippen LogP contribution in [0.4, 0.5) is 0 Å². The molecular weight excluding hydrogens is 454 g/mol. The van der Waals surface area contributed by atoms with Crippen molar-refractivity contribution in [3.05, 3.63) is 133 Å². The largest absolute Gasteiger partial charge is 0.387 e. The average Bonchev–Trinajstić information content (AvgIpc) is 3.51. The second-order valence-electron chi connectivity index (χ2n) is 9.31. The van der Waals surface area contributed by atoms with Gasteiger partial charge in [-0.2, -0.15) is 0 Å². The van der Waals surface area contributed by atoms with Gasteiger partial charge in [0.2, 0.25) is 5.78 Å². The van der Waals surface area contributed by atoms with Crippen molar-refractivity contribution in [3.63, 3.8) is 0 Å². The van der Waals surface area contributed by atoms with Gasteiger partial charge in [0.25, 0.3) is 0 Å². The van der Waals surface area contributed by atoms with Gasteiger partial charge in [0.15, 0.2) is 0 Å². The van der Waals surface area contributed by atoms with E-state index in [2.05, 4.69) is 82.8 Å². The number of benzene rings is 4. The van der Waals surface area contributed by atoms with Crippen molar-refractivity contribution in [1.82, 2.24) is 14.0 Å². The van der Waals surface area contributed by atoms with Crippen molar-refractivity contribution in [2.45, 2.75) is 26.0 Å². The Kier molecular flexibility index (Phi) is 6.17. The number of hydrogen-bond donors (Lipinski definition) is 1. The van der Waals surface area contributed by atoms with E-state index in [4.69, 9.17) is 4.98 Å². The normalized spacial score (nSPS) is 12.2. The Morgan fingerprint density at radius 2 is 1.30 bits per heavy atom. The summed E-state index contributed by atoms with van der Waals surface area (Å²) in [5, 5.41) is 11.3. The molecule has 0 radical (unpaired) electrons. The predicted octanol–water partition coefficient (Wildman–Crippen LogP) is 7.43. The molecule has 1 atom stereocenters. The number of imidazole rings is 2. The summed E-state index contributed by atoms with van der Waals surface area (Å²) >= 11 is 0. The molecule has 4 nitrogen and oxygen atoms in total. The Labute approximate surface area is 217 Å². The first kappa shape index (κ1) is 23.0. The highest BCUT2D eigenvalue weighted by Gasteiger charge is 2.23. The van der Waals surface area contributed by atoms with E-state index in [0.717, 1.165) is 51.5 Å². The third kappa shape index (κ3) is 4.37. The molecular formula is C33H29N3O. The third-order valence-electron chi connectivity index (χ3n) is 6.97. The molecule has 0 saturated carbocycles. The van der Waals surface area contributed by atoms with Gasteiger partial charge in [0.1, 0.15) is 0 Å². The van der Waals surface area contributed by atoms with Gasteiger partial charge in [-0.25, -0.2) is 4.98 Å². The average molecular weight is 484 g/mol. The van der Waals surface area contributed by atoms with E-state index in [9.17, 15) is 5.11 Å². The smallest absolute Gasteiger partial charge is 0.215 e. The van der Waals surface area contributed by atoms with Gasteiger partial charge < -0.3 is 9.67 Å². The van der Waals surface area contributed by atoms with Crippen molar-refractivity contribution in [1.29, 1.82) is 0 Å². The van der Waals surface area contributed by atoms with Crippen LogP contribution in [0.25, 0.3) is 39.5 Å². The summed E-state index contributed by atoms with van der Waals surface area (Å²) in [5.74, 6) is 0.808. The van der Waals surface area contributed by atoms with Gasteiger partial charge in [-0.15, -0.1) is 0 Å². The molecule has 0 saturated heterocycles. The Morgan fingerprint density at radius 1 is 0.703 bits per heavy atom. The van der Waals surface area contributed by atoms with Crippen molar-refractivity contribution >= 4 is 5.78 Å². The maximum Gasteiger partial charge on any atom is 0.215 e. The van der Waals surface area contributed by atoms with Crippen LogP contribution in [-0.2, 0) is 13.0 Å². The molecule has 4 heteroatoms. The lowest BCUT2D eigenvalue weighted by Crippen LogP contribution is -2.10. The second kappa shape index (κ2) is 9.92. The lowest BCUT2D eigenvalue weighted by Gasteiger charge is -2.15. The first-order valence-electron chi connectivity index (χ1n) is 12.8. The zero-order valence-corrected chi connectivity index (χ0v) is 20.8. The molecule has 0 aliphatic heterocycles. The molecule has 0 amide bonds. The first-order chi connectivity index (χ1) is 18.2. The summed E-state index contributed by atoms with van der Waals surface area (Å²) in [4.78, 5) is 5.20. The standard InChI is InChI=1S/C33H29N3O/c1-2-24-18-20-25(21-19-24)29-22-36-32(28-16-10-5-11-17-28)31(27-14-8-4-9-15-27)34-33(36)35(29)23-30(37)26-12-6-3-7-13-26/h3-22,30,37H,2,23H2,1H3/t30-/m1/s1. The Bertz CT molecular complexity index is 1620. The van der Waals surface area contributed by atoms with Crippen LogP contribution >= 0.6 is 0 Å². The molecule has 0 unspecified atom stereocenters. The van der Waals surface area contributed by atoms with E-state index in [1.165, 1.54) is 5.56 Å². The summed E-state index contributed by atoms with van der Waals surface area (Å²) in [6.07, 6.45) is 2.49. The maximum absolute atomic E-state index is 11.3. The predicted molar refractivity (Wildman–Crippen MR) is 150 cm³/mol. The topological polar surface area (TPSA) is 42.5 Å². The summed E-state index contributed by atoms with van der Waals surface area (Å²) in [6.45, 7) is 2.56. The van der Waals surface area contributed by atoms with Crippen LogP contribution in [0.15, 0.2) is 121 Å². The SMILES string of the molecule is CCc1ccc(-c2cn3c(-c4ccccc4)c(-c4ccccc4)nc3n2C[C@@H](O)c2ccccc2)cc1. The molecule has 182 valence electrons. The monoisotopic (exact) mass is 483 g/mol. The molecule has 2 aromatic heterocycles. The highest BCUT2D eigenvalue weighted by Crippen LogP contribution is 2.36. The molecule has 0 fully saturated rings. The highest BCUT2D eigenvalue weighted by atomic mass is 16.3. The molecule has 0 aliphatic rings. The Balaban J connectivity index is 1.59. The fourth-order valence-electron chi connectivity index (χ4n) is 4.98. The van der Waals surface area contributed by atoms with Crippen LogP contribution in [0.5, 0.6) is 0 Å². The van der Waals surface area contributed by atoms with Crippen LogP contribution in [-0.4, -0.2) is 19.1 Å². The molecule has 4 aromatic carbocycles. The zero-order valence-electron chi connectivity index (χ0n) is 20.8. The second-order valence-corrected chi connectivity index (χ2v) is 9.31. The zero-order chi connectivity index (χ0) is 25.2. The van der Waals surface area contributed by atoms with E-state index in [1.807, 2.05) is 54.6 Å². The van der Waals surface area contributed by atoms with Crippen LogP contribution in [0.3, 0.4) is 0 Å². The number of fused-ring (bicyclic) bond motifs is 1. The minimum atomic E-state index is -0.664. The molecule has 2 heterocycles. The highest BCUT2D eigenvalue weighted by molar-refractivity contribution is 5.82. The van der Waals surface area contributed by atoms with Crippen LogP contribution in [0.1, 0.15) is 24.2 Å². The summed E-state index contributed by atoms with van der Waals surface area (Å²) in [6, 6.07) is 39.2. The minimum absolute atomic E-state index is 0.394. The van der Waals surface area contributed by atoms with E-state index >= 15 is 0 Å². The number of aliphatic hydroxyl groups is 1. The van der Waals surface area contributed by atoms with E-state index in [0.29, 0.717) is 6.54 Å². The summed E-state index contributed by atoms with van der Waals surface area (Å²) in [5.41, 5.74) is 8.45. The quantitative estimate of drug-likeness (QED) is 0.256. The molecule has 0 spiro atoms. The number of nitrogens with zero attached hydrogens (tertiary/aromatic N) is 3. The summed E-state index contributed by atoms with van der Waals surface area (Å²) < 4.78 is 4.33. The fourth-order valence-corrected chi connectivity index (χ4v) is 4.98. The van der Waals surface area contributed by atoms with Gasteiger partial charge >= 0.3 is 0 Å². The van der Waals surface area contributed by atoms with Crippen LogP contribution in [0, 0.1) is 0 Å². The third-order valence-corrected chi connectivity index (χ3v) is 6.97. The number of aliphatic hydroxyl groups excluding tert-OH is 1. The van der Waals surface area contributed by atoms with Crippen LogP contribution < -0.4 is 0 Å². The van der Waals surface area contributed by atoms with E-state index < -0.39 is 6.10 Å².